The Balaban J connectivity index is 1.86. The maximum atomic E-state index is 5.86. The van der Waals surface area contributed by atoms with E-state index in [0.29, 0.717) is 17.4 Å². The zero-order valence-electron chi connectivity index (χ0n) is 11.6. The highest BCUT2D eigenvalue weighted by molar-refractivity contribution is 5.60. The molecule has 106 valence electrons. The first-order valence-electron chi connectivity index (χ1n) is 6.75. The van der Waals surface area contributed by atoms with E-state index in [2.05, 4.69) is 20.1 Å². The topological polar surface area (TPSA) is 90.7 Å². The van der Waals surface area contributed by atoms with Crippen LogP contribution in [0.3, 0.4) is 0 Å². The predicted molar refractivity (Wildman–Crippen MR) is 78.0 cm³/mol. The van der Waals surface area contributed by atoms with Crippen LogP contribution in [0.5, 0.6) is 0 Å². The molecule has 1 unspecified atom stereocenters. The maximum absolute atomic E-state index is 5.86. The first-order chi connectivity index (χ1) is 10.3. The molecule has 0 bridgehead atoms. The monoisotopic (exact) mass is 281 g/mol. The Morgan fingerprint density at radius 1 is 1.14 bits per heavy atom. The third-order valence-corrected chi connectivity index (χ3v) is 3.15. The Kier molecular flexibility index (Phi) is 3.70. The number of hydrogen-bond donors (Lipinski definition) is 1. The minimum Gasteiger partial charge on any atom is -0.337 e. The summed E-state index contributed by atoms with van der Waals surface area (Å²) < 4.78 is 5.15. The first kappa shape index (κ1) is 13.4. The van der Waals surface area contributed by atoms with Crippen LogP contribution in [0.2, 0.25) is 0 Å². The molecule has 0 saturated heterocycles. The lowest BCUT2D eigenvalue weighted by Crippen LogP contribution is -2.08. The van der Waals surface area contributed by atoms with E-state index in [1.807, 2.05) is 37.3 Å². The van der Waals surface area contributed by atoms with Crippen molar-refractivity contribution < 1.29 is 4.52 Å². The van der Waals surface area contributed by atoms with Gasteiger partial charge in [-0.05, 0) is 30.7 Å². The van der Waals surface area contributed by atoms with Gasteiger partial charge >= 0.3 is 0 Å². The molecule has 0 aliphatic carbocycles. The van der Waals surface area contributed by atoms with Crippen LogP contribution in [0.4, 0.5) is 0 Å². The maximum Gasteiger partial charge on any atom is 0.243 e. The fourth-order valence-corrected chi connectivity index (χ4v) is 1.88. The van der Waals surface area contributed by atoms with E-state index >= 15 is 0 Å². The summed E-state index contributed by atoms with van der Waals surface area (Å²) in [5.74, 6) is 0.879. The Labute approximate surface area is 122 Å². The molecule has 3 aromatic rings. The van der Waals surface area contributed by atoms with Crippen molar-refractivity contribution in [3.63, 3.8) is 0 Å². The molecule has 6 heteroatoms. The third kappa shape index (κ3) is 2.80. The summed E-state index contributed by atoms with van der Waals surface area (Å²) in [6, 6.07) is 9.29. The molecule has 0 saturated carbocycles. The summed E-state index contributed by atoms with van der Waals surface area (Å²) >= 11 is 0. The van der Waals surface area contributed by atoms with Gasteiger partial charge in [0.05, 0.1) is 11.7 Å². The molecule has 0 aliphatic rings. The van der Waals surface area contributed by atoms with E-state index in [4.69, 9.17) is 10.3 Å². The van der Waals surface area contributed by atoms with Gasteiger partial charge in [0.2, 0.25) is 11.7 Å². The summed E-state index contributed by atoms with van der Waals surface area (Å²) in [5.41, 5.74) is 8.32. The second-order valence-corrected chi connectivity index (χ2v) is 4.62. The van der Waals surface area contributed by atoms with Gasteiger partial charge in [-0.15, -0.1) is 0 Å². The SMILES string of the molecule is CCC(N)c1nc(-c2ccc(-c3ccccn3)cn2)no1. The van der Waals surface area contributed by atoms with E-state index in [0.717, 1.165) is 17.7 Å². The average Bonchev–Trinajstić information content (AvgIpc) is 3.05. The van der Waals surface area contributed by atoms with Crippen molar-refractivity contribution in [2.24, 2.45) is 5.73 Å². The quantitative estimate of drug-likeness (QED) is 0.790. The summed E-state index contributed by atoms with van der Waals surface area (Å²) in [6.07, 6.45) is 4.24. The van der Waals surface area contributed by atoms with Crippen molar-refractivity contribution in [2.45, 2.75) is 19.4 Å². The summed E-state index contributed by atoms with van der Waals surface area (Å²) in [6.45, 7) is 1.97. The number of nitrogens with two attached hydrogens (primary N) is 1. The molecule has 3 heterocycles. The molecular weight excluding hydrogens is 266 g/mol. The second-order valence-electron chi connectivity index (χ2n) is 4.62. The minimum absolute atomic E-state index is 0.237. The van der Waals surface area contributed by atoms with Gasteiger partial charge < -0.3 is 10.3 Å². The normalized spacial score (nSPS) is 12.3. The third-order valence-electron chi connectivity index (χ3n) is 3.15. The van der Waals surface area contributed by atoms with Crippen LogP contribution in [0.15, 0.2) is 47.2 Å². The standard InChI is InChI=1S/C15H15N5O/c1-2-11(16)15-19-14(20-21-15)13-7-6-10(9-18-13)12-5-3-4-8-17-12/h3-9,11H,2,16H2,1H3. The van der Waals surface area contributed by atoms with E-state index in [-0.39, 0.29) is 6.04 Å². The van der Waals surface area contributed by atoms with Gasteiger partial charge in [0.25, 0.3) is 0 Å². The molecule has 0 radical (unpaired) electrons. The zero-order chi connectivity index (χ0) is 14.7. The van der Waals surface area contributed by atoms with Gasteiger partial charge in [-0.25, -0.2) is 0 Å². The smallest absolute Gasteiger partial charge is 0.243 e. The number of aromatic nitrogens is 4. The van der Waals surface area contributed by atoms with E-state index < -0.39 is 0 Å². The van der Waals surface area contributed by atoms with Crippen LogP contribution in [-0.2, 0) is 0 Å². The Bertz CT molecular complexity index is 708. The van der Waals surface area contributed by atoms with Gasteiger partial charge in [-0.2, -0.15) is 4.98 Å². The highest BCUT2D eigenvalue weighted by atomic mass is 16.5. The number of rotatable bonds is 4. The number of hydrogen-bond acceptors (Lipinski definition) is 6. The fraction of sp³-hybridized carbons (Fsp3) is 0.200. The van der Waals surface area contributed by atoms with Crippen LogP contribution in [0.25, 0.3) is 22.8 Å². The van der Waals surface area contributed by atoms with Crippen LogP contribution in [-0.4, -0.2) is 20.1 Å². The average molecular weight is 281 g/mol. The van der Waals surface area contributed by atoms with Crippen molar-refractivity contribution >= 4 is 0 Å². The van der Waals surface area contributed by atoms with Gasteiger partial charge in [-0.3, -0.25) is 9.97 Å². The van der Waals surface area contributed by atoms with Crippen LogP contribution < -0.4 is 5.73 Å². The fourth-order valence-electron chi connectivity index (χ4n) is 1.88. The number of nitrogens with zero attached hydrogens (tertiary/aromatic N) is 4. The van der Waals surface area contributed by atoms with E-state index in [1.165, 1.54) is 0 Å². The largest absolute Gasteiger partial charge is 0.337 e. The lowest BCUT2D eigenvalue weighted by molar-refractivity contribution is 0.352. The van der Waals surface area contributed by atoms with Crippen molar-refractivity contribution in [3.05, 3.63) is 48.6 Å². The molecule has 6 nitrogen and oxygen atoms in total. The zero-order valence-corrected chi connectivity index (χ0v) is 11.6. The highest BCUT2D eigenvalue weighted by Crippen LogP contribution is 2.20. The molecule has 0 amide bonds. The molecule has 0 aromatic carbocycles. The van der Waals surface area contributed by atoms with Gasteiger partial charge in [0, 0.05) is 18.0 Å². The summed E-state index contributed by atoms with van der Waals surface area (Å²) in [5, 5.41) is 3.91. The molecule has 1 atom stereocenters. The van der Waals surface area contributed by atoms with Crippen molar-refractivity contribution in [2.75, 3.05) is 0 Å². The molecule has 21 heavy (non-hydrogen) atoms. The van der Waals surface area contributed by atoms with Gasteiger partial charge in [-0.1, -0.05) is 18.1 Å². The second kappa shape index (κ2) is 5.80. The Hall–Kier alpha value is -2.60. The molecule has 3 aromatic heterocycles. The minimum atomic E-state index is -0.237. The van der Waals surface area contributed by atoms with Gasteiger partial charge in [0.15, 0.2) is 0 Å². The molecular formula is C15H15N5O. The molecule has 2 N–H and O–H groups in total. The Morgan fingerprint density at radius 2 is 2.05 bits per heavy atom. The lowest BCUT2D eigenvalue weighted by atomic mass is 10.2. The Morgan fingerprint density at radius 3 is 2.71 bits per heavy atom. The highest BCUT2D eigenvalue weighted by Gasteiger charge is 2.14. The van der Waals surface area contributed by atoms with Crippen LogP contribution in [0, 0.1) is 0 Å². The van der Waals surface area contributed by atoms with Crippen LogP contribution >= 0.6 is 0 Å². The predicted octanol–water partition coefficient (Wildman–Crippen LogP) is 2.60. The number of pyridine rings is 2. The molecule has 3 rings (SSSR count). The van der Waals surface area contributed by atoms with Crippen molar-refractivity contribution in [1.82, 2.24) is 20.1 Å². The van der Waals surface area contributed by atoms with Crippen molar-refractivity contribution in [3.8, 4) is 22.8 Å². The van der Waals surface area contributed by atoms with E-state index in [9.17, 15) is 0 Å². The summed E-state index contributed by atoms with van der Waals surface area (Å²) in [7, 11) is 0. The molecule has 0 fully saturated rings. The molecule has 0 spiro atoms. The van der Waals surface area contributed by atoms with Crippen molar-refractivity contribution in [1.29, 1.82) is 0 Å². The summed E-state index contributed by atoms with van der Waals surface area (Å²) in [4.78, 5) is 12.9. The van der Waals surface area contributed by atoms with Crippen LogP contribution in [0.1, 0.15) is 25.3 Å². The first-order valence-corrected chi connectivity index (χ1v) is 6.75. The van der Waals surface area contributed by atoms with Gasteiger partial charge in [0.1, 0.15) is 5.69 Å². The van der Waals surface area contributed by atoms with E-state index in [1.54, 1.807) is 12.4 Å². The lowest BCUT2D eigenvalue weighted by Gasteiger charge is -2.00. The molecule has 0 aliphatic heterocycles.